The summed E-state index contributed by atoms with van der Waals surface area (Å²) in [6.07, 6.45) is 3.80. The second kappa shape index (κ2) is 5.71. The van der Waals surface area contributed by atoms with Gasteiger partial charge in [-0.05, 0) is 43.5 Å². The molecule has 1 heterocycles. The van der Waals surface area contributed by atoms with Crippen LogP contribution in [0.3, 0.4) is 0 Å². The van der Waals surface area contributed by atoms with Crippen LogP contribution in [0.2, 0.25) is 0 Å². The highest BCUT2D eigenvalue weighted by molar-refractivity contribution is 5.19. The number of likely N-dealkylation sites (N-methyl/N-ethyl adjacent to an activating group) is 1. The summed E-state index contributed by atoms with van der Waals surface area (Å²) < 4.78 is 18.4. The Hall–Kier alpha value is -1.75. The van der Waals surface area contributed by atoms with Crippen molar-refractivity contribution in [3.8, 4) is 0 Å². The summed E-state index contributed by atoms with van der Waals surface area (Å²) in [5, 5.41) is 7.27. The quantitative estimate of drug-likeness (QED) is 0.879. The van der Waals surface area contributed by atoms with E-state index in [1.165, 1.54) is 25.0 Å². The molecule has 1 atom stereocenters. The Balaban J connectivity index is 1.64. The van der Waals surface area contributed by atoms with Crippen molar-refractivity contribution in [2.75, 3.05) is 7.05 Å². The van der Waals surface area contributed by atoms with Crippen molar-refractivity contribution in [3.05, 3.63) is 47.4 Å². The molecule has 1 aliphatic carbocycles. The molecule has 1 N–H and O–H groups in total. The summed E-state index contributed by atoms with van der Waals surface area (Å²) in [5.74, 6) is 1.76. The van der Waals surface area contributed by atoms with Crippen LogP contribution < -0.4 is 5.32 Å². The number of halogens is 1. The van der Waals surface area contributed by atoms with E-state index in [2.05, 4.69) is 15.5 Å². The highest BCUT2D eigenvalue weighted by atomic mass is 19.1. The molecule has 1 fully saturated rings. The summed E-state index contributed by atoms with van der Waals surface area (Å²) >= 11 is 0. The summed E-state index contributed by atoms with van der Waals surface area (Å²) in [4.78, 5) is 4.39. The zero-order chi connectivity index (χ0) is 13.9. The average Bonchev–Trinajstić information content (AvgIpc) is 3.18. The Morgan fingerprint density at radius 2 is 2.30 bits per heavy atom. The van der Waals surface area contributed by atoms with Gasteiger partial charge in [0.1, 0.15) is 5.82 Å². The maximum atomic E-state index is 13.1. The molecule has 0 radical (unpaired) electrons. The van der Waals surface area contributed by atoms with Crippen molar-refractivity contribution in [2.24, 2.45) is 5.92 Å². The number of hydrogen-bond acceptors (Lipinski definition) is 4. The summed E-state index contributed by atoms with van der Waals surface area (Å²) in [7, 11) is 1.97. The van der Waals surface area contributed by atoms with Crippen LogP contribution >= 0.6 is 0 Å². The van der Waals surface area contributed by atoms with E-state index in [9.17, 15) is 4.39 Å². The molecule has 0 amide bonds. The predicted molar refractivity (Wildman–Crippen MR) is 72.8 cm³/mol. The fourth-order valence-corrected chi connectivity index (χ4v) is 2.47. The predicted octanol–water partition coefficient (Wildman–Crippen LogP) is 2.34. The molecule has 4 nitrogen and oxygen atoms in total. The normalized spacial score (nSPS) is 16.3. The molecule has 0 spiro atoms. The van der Waals surface area contributed by atoms with Crippen molar-refractivity contribution in [1.29, 1.82) is 0 Å². The van der Waals surface area contributed by atoms with E-state index in [1.807, 2.05) is 13.1 Å². The van der Waals surface area contributed by atoms with Crippen molar-refractivity contribution in [3.63, 3.8) is 0 Å². The van der Waals surface area contributed by atoms with E-state index in [0.717, 1.165) is 17.9 Å². The van der Waals surface area contributed by atoms with Gasteiger partial charge in [0.05, 0.1) is 0 Å². The molecule has 2 aromatic rings. The molecule has 1 aromatic heterocycles. The van der Waals surface area contributed by atoms with Crippen molar-refractivity contribution in [2.45, 2.75) is 31.7 Å². The highest BCUT2D eigenvalue weighted by Crippen LogP contribution is 2.33. The van der Waals surface area contributed by atoms with Gasteiger partial charge in [-0.25, -0.2) is 4.39 Å². The topological polar surface area (TPSA) is 51.0 Å². The fourth-order valence-electron chi connectivity index (χ4n) is 2.47. The zero-order valence-electron chi connectivity index (χ0n) is 11.5. The molecule has 1 aromatic carbocycles. The Kier molecular flexibility index (Phi) is 3.78. The molecule has 106 valence electrons. The summed E-state index contributed by atoms with van der Waals surface area (Å²) in [6, 6.07) is 6.89. The van der Waals surface area contributed by atoms with Crippen LogP contribution in [0.5, 0.6) is 0 Å². The average molecular weight is 275 g/mol. The lowest BCUT2D eigenvalue weighted by Crippen LogP contribution is -2.29. The molecule has 1 aliphatic rings. The number of nitrogens with zero attached hydrogens (tertiary/aromatic N) is 2. The third kappa shape index (κ3) is 3.22. The third-order valence-corrected chi connectivity index (χ3v) is 3.72. The van der Waals surface area contributed by atoms with Crippen LogP contribution in [0, 0.1) is 11.7 Å². The van der Waals surface area contributed by atoms with Crippen LogP contribution in [0.1, 0.15) is 30.1 Å². The molecule has 0 saturated heterocycles. The minimum atomic E-state index is -0.241. The first-order chi connectivity index (χ1) is 9.74. The minimum absolute atomic E-state index is 0.241. The zero-order valence-corrected chi connectivity index (χ0v) is 11.5. The number of rotatable bonds is 6. The molecule has 1 saturated carbocycles. The van der Waals surface area contributed by atoms with Crippen LogP contribution in [-0.4, -0.2) is 23.2 Å². The molecule has 3 rings (SSSR count). The summed E-state index contributed by atoms with van der Waals surface area (Å²) in [5.41, 5.74) is 0.852. The second-order valence-corrected chi connectivity index (χ2v) is 5.35. The molecule has 0 aliphatic heterocycles. The van der Waals surface area contributed by atoms with Crippen LogP contribution in [0.15, 0.2) is 28.8 Å². The van der Waals surface area contributed by atoms with Crippen LogP contribution in [-0.2, 0) is 12.8 Å². The number of aromatic nitrogens is 2. The van der Waals surface area contributed by atoms with Gasteiger partial charge in [-0.3, -0.25) is 0 Å². The van der Waals surface area contributed by atoms with Gasteiger partial charge in [0.2, 0.25) is 5.89 Å². The molecule has 5 heteroatoms. The van der Waals surface area contributed by atoms with E-state index in [-0.39, 0.29) is 5.82 Å². The maximum absolute atomic E-state index is 13.1. The second-order valence-electron chi connectivity index (χ2n) is 5.35. The lowest BCUT2D eigenvalue weighted by molar-refractivity contribution is 0.349. The number of nitrogens with one attached hydrogen (secondary N) is 1. The van der Waals surface area contributed by atoms with E-state index in [0.29, 0.717) is 24.2 Å². The van der Waals surface area contributed by atoms with Crippen LogP contribution in [0.4, 0.5) is 4.39 Å². The van der Waals surface area contributed by atoms with Gasteiger partial charge < -0.3 is 9.84 Å². The minimum Gasteiger partial charge on any atom is -0.339 e. The molecule has 20 heavy (non-hydrogen) atoms. The maximum Gasteiger partial charge on any atom is 0.228 e. The highest BCUT2D eigenvalue weighted by Gasteiger charge is 2.31. The Bertz CT molecular complexity index is 580. The van der Waals surface area contributed by atoms with Crippen molar-refractivity contribution < 1.29 is 8.91 Å². The lowest BCUT2D eigenvalue weighted by Gasteiger charge is -2.11. The standard InChI is InChI=1S/C15H18FN3O/c1-17-13(11-5-6-11)9-15-18-14(19-20-15)8-10-3-2-4-12(16)7-10/h2-4,7,11,13,17H,5-6,8-9H2,1H3. The smallest absolute Gasteiger partial charge is 0.228 e. The van der Waals surface area contributed by atoms with Gasteiger partial charge in [-0.1, -0.05) is 17.3 Å². The van der Waals surface area contributed by atoms with Crippen LogP contribution in [0.25, 0.3) is 0 Å². The van der Waals surface area contributed by atoms with Crippen molar-refractivity contribution in [1.82, 2.24) is 15.5 Å². The Labute approximate surface area is 117 Å². The van der Waals surface area contributed by atoms with Gasteiger partial charge in [0, 0.05) is 18.9 Å². The summed E-state index contributed by atoms with van der Waals surface area (Å²) in [6.45, 7) is 0. The first-order valence-electron chi connectivity index (χ1n) is 6.98. The van der Waals surface area contributed by atoms with Gasteiger partial charge in [-0.15, -0.1) is 0 Å². The molecule has 1 unspecified atom stereocenters. The third-order valence-electron chi connectivity index (χ3n) is 3.72. The van der Waals surface area contributed by atoms with E-state index >= 15 is 0 Å². The molecule has 0 bridgehead atoms. The SMILES string of the molecule is CNC(Cc1nc(Cc2cccc(F)c2)no1)C1CC1. The fraction of sp³-hybridized carbons (Fsp3) is 0.467. The number of hydrogen-bond donors (Lipinski definition) is 1. The van der Waals surface area contributed by atoms with Crippen molar-refractivity contribution >= 4 is 0 Å². The van der Waals surface area contributed by atoms with E-state index in [1.54, 1.807) is 6.07 Å². The van der Waals surface area contributed by atoms with Gasteiger partial charge in [-0.2, -0.15) is 4.98 Å². The Morgan fingerprint density at radius 1 is 1.45 bits per heavy atom. The first kappa shape index (κ1) is 13.2. The van der Waals surface area contributed by atoms with E-state index < -0.39 is 0 Å². The lowest BCUT2D eigenvalue weighted by atomic mass is 10.1. The van der Waals surface area contributed by atoms with E-state index in [4.69, 9.17) is 4.52 Å². The first-order valence-corrected chi connectivity index (χ1v) is 6.98. The molecular weight excluding hydrogens is 257 g/mol. The Morgan fingerprint density at radius 3 is 3.00 bits per heavy atom. The van der Waals surface area contributed by atoms with Gasteiger partial charge >= 0.3 is 0 Å². The number of benzene rings is 1. The molecular formula is C15H18FN3O. The largest absolute Gasteiger partial charge is 0.339 e. The van der Waals surface area contributed by atoms with Gasteiger partial charge in [0.25, 0.3) is 0 Å². The van der Waals surface area contributed by atoms with Gasteiger partial charge in [0.15, 0.2) is 5.82 Å². The monoisotopic (exact) mass is 275 g/mol.